The summed E-state index contributed by atoms with van der Waals surface area (Å²) in [5.74, 6) is 0.532. The van der Waals surface area contributed by atoms with Gasteiger partial charge in [0.1, 0.15) is 16.2 Å². The van der Waals surface area contributed by atoms with E-state index in [4.69, 9.17) is 0 Å². The third-order valence-electron chi connectivity index (χ3n) is 4.23. The monoisotopic (exact) mass is 405 g/mol. The van der Waals surface area contributed by atoms with Gasteiger partial charge in [-0.3, -0.25) is 9.89 Å². The van der Waals surface area contributed by atoms with Crippen molar-refractivity contribution in [1.82, 2.24) is 25.5 Å². The highest BCUT2D eigenvalue weighted by Crippen LogP contribution is 2.39. The molecule has 0 unspecified atom stereocenters. The minimum absolute atomic E-state index is 0. The summed E-state index contributed by atoms with van der Waals surface area (Å²) in [6.45, 7) is 0.852. The third-order valence-corrected chi connectivity index (χ3v) is 5.39. The van der Waals surface area contributed by atoms with Crippen molar-refractivity contribution in [1.29, 1.82) is 0 Å². The number of halogens is 4. The van der Waals surface area contributed by atoms with E-state index in [-0.39, 0.29) is 29.6 Å². The number of hydrogen-bond acceptors (Lipinski definition) is 5. The number of aromatic amines is 2. The molecule has 3 aromatic rings. The van der Waals surface area contributed by atoms with Crippen molar-refractivity contribution < 1.29 is 13.2 Å². The Morgan fingerprint density at radius 1 is 1.27 bits per heavy atom. The molecule has 1 saturated heterocycles. The van der Waals surface area contributed by atoms with E-state index in [1.54, 1.807) is 0 Å². The molecule has 1 aliphatic rings. The zero-order valence-electron chi connectivity index (χ0n) is 13.3. The Balaban J connectivity index is 0.00000196. The van der Waals surface area contributed by atoms with E-state index in [1.807, 2.05) is 5.10 Å². The van der Waals surface area contributed by atoms with Crippen LogP contribution in [0.25, 0.3) is 20.7 Å². The average Bonchev–Trinajstić information content (AvgIpc) is 3.21. The van der Waals surface area contributed by atoms with Gasteiger partial charge in [0.15, 0.2) is 0 Å². The highest BCUT2D eigenvalue weighted by Gasteiger charge is 2.36. The molecule has 0 spiro atoms. The smallest absolute Gasteiger partial charge is 0.308 e. The van der Waals surface area contributed by atoms with Crippen molar-refractivity contribution in [3.63, 3.8) is 0 Å². The predicted molar refractivity (Wildman–Crippen MR) is 94.7 cm³/mol. The van der Waals surface area contributed by atoms with E-state index in [0.717, 1.165) is 43.3 Å². The van der Waals surface area contributed by atoms with Crippen LogP contribution in [0, 0.1) is 0 Å². The molecule has 26 heavy (non-hydrogen) atoms. The third kappa shape index (κ3) is 3.36. The minimum atomic E-state index is -4.54. The molecule has 140 valence electrons. The van der Waals surface area contributed by atoms with Crippen LogP contribution in [0.1, 0.15) is 36.8 Å². The number of fused-ring (bicyclic) bond motifs is 1. The molecule has 6 nitrogen and oxygen atoms in total. The highest BCUT2D eigenvalue weighted by molar-refractivity contribution is 7.22. The molecule has 4 rings (SSSR count). The fourth-order valence-corrected chi connectivity index (χ4v) is 4.04. The second kappa shape index (κ2) is 7.01. The van der Waals surface area contributed by atoms with Crippen molar-refractivity contribution in [2.24, 2.45) is 0 Å². The molecular formula is C15H15ClF3N5OS. The molecule has 1 fully saturated rings. The van der Waals surface area contributed by atoms with Crippen molar-refractivity contribution in [2.45, 2.75) is 31.5 Å². The van der Waals surface area contributed by atoms with Crippen molar-refractivity contribution >= 4 is 34.0 Å². The van der Waals surface area contributed by atoms with Crippen LogP contribution in [0.5, 0.6) is 0 Å². The first-order valence-corrected chi connectivity index (χ1v) is 8.63. The first kappa shape index (κ1) is 18.9. The van der Waals surface area contributed by atoms with Crippen LogP contribution in [0.15, 0.2) is 17.1 Å². The van der Waals surface area contributed by atoms with Crippen LogP contribution in [0.2, 0.25) is 0 Å². The van der Waals surface area contributed by atoms with Gasteiger partial charge < -0.3 is 10.3 Å². The molecule has 0 amide bonds. The summed E-state index contributed by atoms with van der Waals surface area (Å²) in [5, 5.41) is 8.77. The van der Waals surface area contributed by atoms with Crippen LogP contribution in [-0.4, -0.2) is 26.7 Å². The minimum Gasteiger partial charge on any atom is -0.308 e. The number of piperidine rings is 1. The average molecular weight is 406 g/mol. The summed E-state index contributed by atoms with van der Waals surface area (Å²) < 4.78 is 39.5. The largest absolute Gasteiger partial charge is 0.433 e. The lowest BCUT2D eigenvalue weighted by Gasteiger charge is -2.22. The lowest BCUT2D eigenvalue weighted by atomic mass is 10.0. The molecular weight excluding hydrogens is 391 g/mol. The Morgan fingerprint density at radius 2 is 2.08 bits per heavy atom. The Bertz CT molecular complexity index is 974. The fourth-order valence-electron chi connectivity index (χ4n) is 3.03. The second-order valence-electron chi connectivity index (χ2n) is 5.94. The summed E-state index contributed by atoms with van der Waals surface area (Å²) >= 11 is 0.981. The van der Waals surface area contributed by atoms with E-state index in [1.165, 1.54) is 6.07 Å². The quantitative estimate of drug-likeness (QED) is 0.607. The number of aromatic nitrogens is 4. The summed E-state index contributed by atoms with van der Waals surface area (Å²) in [7, 11) is 0. The molecule has 11 heteroatoms. The van der Waals surface area contributed by atoms with Gasteiger partial charge in [-0.2, -0.15) is 18.3 Å². The Hall–Kier alpha value is -1.91. The van der Waals surface area contributed by atoms with Crippen LogP contribution in [-0.2, 0) is 6.18 Å². The molecule has 0 aromatic carbocycles. The number of nitrogens with zero attached hydrogens (tertiary/aromatic N) is 2. The topological polar surface area (TPSA) is 86.5 Å². The number of rotatable bonds is 2. The number of nitrogens with one attached hydrogen (secondary N) is 3. The van der Waals surface area contributed by atoms with Crippen molar-refractivity contribution in [2.75, 3.05) is 6.54 Å². The van der Waals surface area contributed by atoms with Crippen LogP contribution >= 0.6 is 23.7 Å². The van der Waals surface area contributed by atoms with Gasteiger partial charge in [0.25, 0.3) is 5.56 Å². The lowest BCUT2D eigenvalue weighted by molar-refractivity contribution is -0.140. The Morgan fingerprint density at radius 3 is 2.77 bits per heavy atom. The highest BCUT2D eigenvalue weighted by atomic mass is 35.5. The second-order valence-corrected chi connectivity index (χ2v) is 6.99. The van der Waals surface area contributed by atoms with E-state index in [0.29, 0.717) is 20.9 Å². The Labute approximate surface area is 155 Å². The molecule has 4 heterocycles. The van der Waals surface area contributed by atoms with E-state index < -0.39 is 11.9 Å². The lowest BCUT2D eigenvalue weighted by Crippen LogP contribution is -2.29. The van der Waals surface area contributed by atoms with Gasteiger partial charge in [-0.15, -0.1) is 23.7 Å². The maximum Gasteiger partial charge on any atom is 0.433 e. The molecule has 1 atom stereocenters. The van der Waals surface area contributed by atoms with E-state index >= 15 is 0 Å². The zero-order valence-corrected chi connectivity index (χ0v) is 14.9. The van der Waals surface area contributed by atoms with Crippen LogP contribution in [0.4, 0.5) is 13.2 Å². The predicted octanol–water partition coefficient (Wildman–Crippen LogP) is 3.63. The van der Waals surface area contributed by atoms with Gasteiger partial charge >= 0.3 is 6.18 Å². The van der Waals surface area contributed by atoms with Crippen molar-refractivity contribution in [3.05, 3.63) is 34.1 Å². The fraction of sp³-hybridized carbons (Fsp3) is 0.400. The maximum atomic E-state index is 13.1. The summed E-state index contributed by atoms with van der Waals surface area (Å²) in [5.41, 5.74) is -0.932. The molecule has 3 N–H and O–H groups in total. The SMILES string of the molecule is Cl.O=c1[nH]c([C@@H]2CCCCN2)nc2cc(-c3cn[nH]c3C(F)(F)F)sc12. The van der Waals surface area contributed by atoms with Crippen LogP contribution < -0.4 is 10.9 Å². The normalized spacial score (nSPS) is 18.0. The summed E-state index contributed by atoms with van der Waals surface area (Å²) in [6, 6.07) is 1.48. The molecule has 0 aliphatic carbocycles. The van der Waals surface area contributed by atoms with Crippen molar-refractivity contribution in [3.8, 4) is 10.4 Å². The standard InChI is InChI=1S/C15H14F3N5OS.ClH/c16-15(17,18)12-7(6-20-23-12)10-5-9-11(25-10)14(24)22-13(21-9)8-3-1-2-4-19-8;/h5-6,8,19H,1-4H2,(H,20,23)(H,21,22,24);1H/t8-;/m0./s1. The van der Waals surface area contributed by atoms with Gasteiger partial charge in [0.2, 0.25) is 0 Å². The first-order valence-electron chi connectivity index (χ1n) is 7.81. The Kier molecular flexibility index (Phi) is 5.09. The molecule has 0 radical (unpaired) electrons. The molecule has 3 aromatic heterocycles. The maximum absolute atomic E-state index is 13.1. The first-order chi connectivity index (χ1) is 11.9. The number of hydrogen-bond donors (Lipinski definition) is 3. The van der Waals surface area contributed by atoms with E-state index in [2.05, 4.69) is 20.4 Å². The number of alkyl halides is 3. The van der Waals surface area contributed by atoms with Gasteiger partial charge in [-0.25, -0.2) is 4.98 Å². The zero-order chi connectivity index (χ0) is 17.6. The van der Waals surface area contributed by atoms with Gasteiger partial charge in [0.05, 0.1) is 17.8 Å². The molecule has 0 bridgehead atoms. The van der Waals surface area contributed by atoms with E-state index in [9.17, 15) is 18.0 Å². The van der Waals surface area contributed by atoms with Gasteiger partial charge in [0, 0.05) is 10.4 Å². The van der Waals surface area contributed by atoms with Crippen LogP contribution in [0.3, 0.4) is 0 Å². The molecule has 1 aliphatic heterocycles. The number of thiophene rings is 1. The number of H-pyrrole nitrogens is 2. The van der Waals surface area contributed by atoms with Gasteiger partial charge in [-0.1, -0.05) is 6.42 Å². The molecule has 0 saturated carbocycles. The summed E-state index contributed by atoms with van der Waals surface area (Å²) in [6.07, 6.45) is -0.444. The summed E-state index contributed by atoms with van der Waals surface area (Å²) in [4.78, 5) is 19.9. The van der Waals surface area contributed by atoms with Gasteiger partial charge in [-0.05, 0) is 25.5 Å².